The average molecular weight is 311 g/mol. The van der Waals surface area contributed by atoms with Crippen LogP contribution < -0.4 is 10.1 Å². The second kappa shape index (κ2) is 7.55. The van der Waals surface area contributed by atoms with Crippen LogP contribution in [0, 0.1) is 0 Å². The van der Waals surface area contributed by atoms with Crippen molar-refractivity contribution in [3.63, 3.8) is 0 Å². The highest BCUT2D eigenvalue weighted by Gasteiger charge is 2.22. The number of methoxy groups -OCH3 is 1. The number of nitrogens with one attached hydrogen (secondary N) is 1. The minimum atomic E-state index is -0.296. The van der Waals surface area contributed by atoms with Crippen molar-refractivity contribution in [1.29, 1.82) is 0 Å². The maximum Gasteiger partial charge on any atom is 0.244 e. The van der Waals surface area contributed by atoms with Gasteiger partial charge in [0, 0.05) is 18.1 Å². The van der Waals surface area contributed by atoms with Crippen LogP contribution in [0.3, 0.4) is 0 Å². The lowest BCUT2D eigenvalue weighted by atomic mass is 10.2. The van der Waals surface area contributed by atoms with Gasteiger partial charge in [-0.3, -0.25) is 4.79 Å². The summed E-state index contributed by atoms with van der Waals surface area (Å²) in [6.07, 6.45) is 4.62. The van der Waals surface area contributed by atoms with Crippen molar-refractivity contribution >= 4 is 23.2 Å². The van der Waals surface area contributed by atoms with Crippen molar-refractivity contribution in [2.45, 2.75) is 38.6 Å². The number of halogens is 1. The van der Waals surface area contributed by atoms with Gasteiger partial charge >= 0.3 is 0 Å². The van der Waals surface area contributed by atoms with Crippen LogP contribution in [0.5, 0.6) is 5.75 Å². The molecular weight excluding hydrogens is 288 g/mol. The summed E-state index contributed by atoms with van der Waals surface area (Å²) < 4.78 is 5.30. The largest absolute Gasteiger partial charge is 0.495 e. The van der Waals surface area contributed by atoms with E-state index in [-0.39, 0.29) is 11.9 Å². The quantitative estimate of drug-likeness (QED) is 0.924. The fourth-order valence-corrected chi connectivity index (χ4v) is 2.83. The van der Waals surface area contributed by atoms with Crippen LogP contribution in [0.25, 0.3) is 0 Å². The molecule has 1 aliphatic rings. The summed E-state index contributed by atoms with van der Waals surface area (Å²) in [6, 6.07) is 5.06. The Morgan fingerprint density at radius 1 is 1.29 bits per heavy atom. The number of anilines is 1. The molecule has 1 fully saturated rings. The molecule has 1 unspecified atom stereocenters. The minimum Gasteiger partial charge on any atom is -0.495 e. The summed E-state index contributed by atoms with van der Waals surface area (Å²) in [5, 5.41) is 3.84. The standard InChI is InChI=1S/C16H23ClN2O2/c1-12(16(20)19-9-5-3-4-6-10-19)18-14-11-13(17)7-8-15(14)21-2/h7-8,11-12,18H,3-6,9-10H2,1-2H3. The van der Waals surface area contributed by atoms with Crippen LogP contribution in [0.2, 0.25) is 5.02 Å². The van der Waals surface area contributed by atoms with Crippen molar-refractivity contribution in [2.24, 2.45) is 0 Å². The van der Waals surface area contributed by atoms with Crippen LogP contribution in [0.15, 0.2) is 18.2 Å². The summed E-state index contributed by atoms with van der Waals surface area (Å²) in [4.78, 5) is 14.5. The zero-order valence-corrected chi connectivity index (χ0v) is 13.4. The van der Waals surface area contributed by atoms with Gasteiger partial charge in [0.15, 0.2) is 0 Å². The summed E-state index contributed by atoms with van der Waals surface area (Å²) in [5.41, 5.74) is 0.751. The lowest BCUT2D eigenvalue weighted by Gasteiger charge is -2.25. The summed E-state index contributed by atoms with van der Waals surface area (Å²) in [6.45, 7) is 3.60. The Morgan fingerprint density at radius 2 is 1.95 bits per heavy atom. The molecule has 0 radical (unpaired) electrons. The molecular formula is C16H23ClN2O2. The van der Waals surface area contributed by atoms with E-state index in [0.717, 1.165) is 31.6 Å². The SMILES string of the molecule is COc1ccc(Cl)cc1NC(C)C(=O)N1CCCCCC1. The first kappa shape index (κ1) is 16.0. The normalized spacial score (nSPS) is 17.0. The minimum absolute atomic E-state index is 0.138. The summed E-state index contributed by atoms with van der Waals surface area (Å²) in [5.74, 6) is 0.828. The highest BCUT2D eigenvalue weighted by atomic mass is 35.5. The molecule has 4 nitrogen and oxygen atoms in total. The van der Waals surface area contributed by atoms with Gasteiger partial charge in [0.2, 0.25) is 5.91 Å². The van der Waals surface area contributed by atoms with Crippen molar-refractivity contribution in [3.8, 4) is 5.75 Å². The van der Waals surface area contributed by atoms with Gasteiger partial charge in [0.25, 0.3) is 0 Å². The molecule has 0 saturated carbocycles. The number of hydrogen-bond acceptors (Lipinski definition) is 3. The number of nitrogens with zero attached hydrogens (tertiary/aromatic N) is 1. The van der Waals surface area contributed by atoms with E-state index in [9.17, 15) is 4.79 Å². The topological polar surface area (TPSA) is 41.6 Å². The van der Waals surface area contributed by atoms with Gasteiger partial charge in [-0.05, 0) is 38.0 Å². The van der Waals surface area contributed by atoms with Crippen molar-refractivity contribution < 1.29 is 9.53 Å². The van der Waals surface area contributed by atoms with E-state index in [1.807, 2.05) is 11.8 Å². The second-order valence-electron chi connectivity index (χ2n) is 5.45. The van der Waals surface area contributed by atoms with Crippen molar-refractivity contribution in [1.82, 2.24) is 4.90 Å². The Morgan fingerprint density at radius 3 is 2.57 bits per heavy atom. The first-order chi connectivity index (χ1) is 10.1. The van der Waals surface area contributed by atoms with E-state index in [1.165, 1.54) is 12.8 Å². The molecule has 0 bridgehead atoms. The molecule has 1 saturated heterocycles. The predicted molar refractivity (Wildman–Crippen MR) is 86.1 cm³/mol. The number of ether oxygens (including phenoxy) is 1. The van der Waals surface area contributed by atoms with E-state index < -0.39 is 0 Å². The van der Waals surface area contributed by atoms with Gasteiger partial charge in [-0.2, -0.15) is 0 Å². The third-order valence-electron chi connectivity index (χ3n) is 3.82. The Labute approximate surface area is 131 Å². The molecule has 1 atom stereocenters. The fraction of sp³-hybridized carbons (Fsp3) is 0.562. The Bertz CT molecular complexity index is 485. The van der Waals surface area contributed by atoms with Crippen LogP contribution in [0.1, 0.15) is 32.6 Å². The predicted octanol–water partition coefficient (Wildman–Crippen LogP) is 3.55. The molecule has 116 valence electrons. The molecule has 5 heteroatoms. The molecule has 1 aliphatic heterocycles. The van der Waals surface area contributed by atoms with Crippen molar-refractivity contribution in [2.75, 3.05) is 25.5 Å². The summed E-state index contributed by atoms with van der Waals surface area (Å²) >= 11 is 6.02. The molecule has 1 heterocycles. The van der Waals surface area contributed by atoms with Gasteiger partial charge in [-0.25, -0.2) is 0 Å². The van der Waals surface area contributed by atoms with Crippen LogP contribution in [0.4, 0.5) is 5.69 Å². The van der Waals surface area contributed by atoms with Gasteiger partial charge < -0.3 is 15.0 Å². The average Bonchev–Trinajstić information content (AvgIpc) is 2.75. The monoisotopic (exact) mass is 310 g/mol. The van der Waals surface area contributed by atoms with Gasteiger partial charge in [0.1, 0.15) is 11.8 Å². The van der Waals surface area contributed by atoms with Crippen LogP contribution in [-0.4, -0.2) is 37.0 Å². The molecule has 1 aromatic rings. The maximum absolute atomic E-state index is 12.5. The van der Waals surface area contributed by atoms with E-state index >= 15 is 0 Å². The van der Waals surface area contributed by atoms with E-state index in [2.05, 4.69) is 5.32 Å². The fourth-order valence-electron chi connectivity index (χ4n) is 2.65. The lowest BCUT2D eigenvalue weighted by Crippen LogP contribution is -2.41. The van der Waals surface area contributed by atoms with Crippen molar-refractivity contribution in [3.05, 3.63) is 23.2 Å². The number of carbonyl (C=O) groups excluding carboxylic acids is 1. The number of benzene rings is 1. The van der Waals surface area contributed by atoms with E-state index in [4.69, 9.17) is 16.3 Å². The first-order valence-electron chi connectivity index (χ1n) is 7.50. The first-order valence-corrected chi connectivity index (χ1v) is 7.88. The van der Waals surface area contributed by atoms with E-state index in [0.29, 0.717) is 10.8 Å². The zero-order valence-electron chi connectivity index (χ0n) is 12.7. The molecule has 2 rings (SSSR count). The third kappa shape index (κ3) is 4.27. The highest BCUT2D eigenvalue weighted by molar-refractivity contribution is 6.30. The van der Waals surface area contributed by atoms with E-state index in [1.54, 1.807) is 25.3 Å². The Balaban J connectivity index is 2.04. The number of rotatable bonds is 4. The lowest BCUT2D eigenvalue weighted by molar-refractivity contribution is -0.131. The molecule has 0 spiro atoms. The number of likely N-dealkylation sites (tertiary alicyclic amines) is 1. The maximum atomic E-state index is 12.5. The highest BCUT2D eigenvalue weighted by Crippen LogP contribution is 2.28. The molecule has 21 heavy (non-hydrogen) atoms. The molecule has 1 amide bonds. The van der Waals surface area contributed by atoms with Crippen LogP contribution in [-0.2, 0) is 4.79 Å². The second-order valence-corrected chi connectivity index (χ2v) is 5.89. The van der Waals surface area contributed by atoms with Gasteiger partial charge in [-0.1, -0.05) is 24.4 Å². The molecule has 1 aromatic carbocycles. The van der Waals surface area contributed by atoms with Gasteiger partial charge in [-0.15, -0.1) is 0 Å². The smallest absolute Gasteiger partial charge is 0.244 e. The zero-order chi connectivity index (χ0) is 15.2. The molecule has 0 aliphatic carbocycles. The van der Waals surface area contributed by atoms with Crippen LogP contribution >= 0.6 is 11.6 Å². The number of carbonyl (C=O) groups is 1. The third-order valence-corrected chi connectivity index (χ3v) is 4.06. The molecule has 1 N–H and O–H groups in total. The summed E-state index contributed by atoms with van der Waals surface area (Å²) in [7, 11) is 1.61. The molecule has 0 aromatic heterocycles. The van der Waals surface area contributed by atoms with Gasteiger partial charge in [0.05, 0.1) is 12.8 Å². The number of hydrogen-bond donors (Lipinski definition) is 1. The Kier molecular flexibility index (Phi) is 5.74. The number of amides is 1. The Hall–Kier alpha value is -1.42.